The fourth-order valence-electron chi connectivity index (χ4n) is 2.64. The maximum Gasteiger partial charge on any atom is 0.0717 e. The second-order valence-corrected chi connectivity index (χ2v) is 7.25. The lowest BCUT2D eigenvalue weighted by atomic mass is 9.95. The SMILES string of the molecule is CC(C)Cc1ccc(CN2CC[C@@H](CO)[C@H](O)C2)s1. The fraction of sp³-hybridized carbons (Fsp3) is 0.733. The first-order valence-electron chi connectivity index (χ1n) is 7.17. The van der Waals surface area contributed by atoms with Crippen molar-refractivity contribution in [3.05, 3.63) is 21.9 Å². The molecule has 0 radical (unpaired) electrons. The van der Waals surface area contributed by atoms with Gasteiger partial charge in [-0.2, -0.15) is 0 Å². The highest BCUT2D eigenvalue weighted by atomic mass is 32.1. The van der Waals surface area contributed by atoms with Crippen molar-refractivity contribution in [2.75, 3.05) is 19.7 Å². The minimum absolute atomic E-state index is 0.0658. The number of rotatable bonds is 5. The van der Waals surface area contributed by atoms with Gasteiger partial charge in [-0.05, 0) is 37.4 Å². The molecule has 1 aromatic heterocycles. The average Bonchev–Trinajstić information content (AvgIpc) is 2.76. The van der Waals surface area contributed by atoms with Gasteiger partial charge >= 0.3 is 0 Å². The molecule has 3 nitrogen and oxygen atoms in total. The Hall–Kier alpha value is -0.420. The quantitative estimate of drug-likeness (QED) is 0.870. The van der Waals surface area contributed by atoms with Gasteiger partial charge in [-0.15, -0.1) is 11.3 Å². The second-order valence-electron chi connectivity index (χ2n) is 6.00. The number of aliphatic hydroxyl groups is 2. The minimum Gasteiger partial charge on any atom is -0.396 e. The van der Waals surface area contributed by atoms with Crippen molar-refractivity contribution in [2.45, 2.75) is 39.3 Å². The summed E-state index contributed by atoms with van der Waals surface area (Å²) in [6, 6.07) is 4.45. The highest BCUT2D eigenvalue weighted by Crippen LogP contribution is 2.24. The van der Waals surface area contributed by atoms with Gasteiger partial charge in [-0.3, -0.25) is 4.90 Å². The van der Waals surface area contributed by atoms with Gasteiger partial charge in [0.05, 0.1) is 6.10 Å². The van der Waals surface area contributed by atoms with Crippen molar-refractivity contribution in [1.82, 2.24) is 4.90 Å². The smallest absolute Gasteiger partial charge is 0.0717 e. The fourth-order valence-corrected chi connectivity index (χ4v) is 3.91. The van der Waals surface area contributed by atoms with E-state index in [1.807, 2.05) is 11.3 Å². The van der Waals surface area contributed by atoms with Crippen molar-refractivity contribution in [3.8, 4) is 0 Å². The zero-order valence-electron chi connectivity index (χ0n) is 11.9. The van der Waals surface area contributed by atoms with E-state index < -0.39 is 0 Å². The number of β-amino-alcohol motifs (C(OH)–C–C–N with tert-alkyl or cyclic N) is 1. The standard InChI is InChI=1S/C15H25NO2S/c1-11(2)7-13-3-4-14(19-13)8-16-6-5-12(10-17)15(18)9-16/h3-4,11-12,15,17-18H,5-10H2,1-2H3/t12-,15+/m0/s1. The molecule has 2 heterocycles. The van der Waals surface area contributed by atoms with E-state index >= 15 is 0 Å². The molecular formula is C15H25NO2S. The summed E-state index contributed by atoms with van der Waals surface area (Å²) in [5, 5.41) is 19.1. The lowest BCUT2D eigenvalue weighted by Gasteiger charge is -2.34. The molecule has 1 aliphatic rings. The largest absolute Gasteiger partial charge is 0.396 e. The van der Waals surface area contributed by atoms with Crippen LogP contribution in [0.25, 0.3) is 0 Å². The normalized spacial score (nSPS) is 25.1. The maximum atomic E-state index is 9.94. The minimum atomic E-state index is -0.381. The van der Waals surface area contributed by atoms with Crippen molar-refractivity contribution in [3.63, 3.8) is 0 Å². The predicted molar refractivity (Wildman–Crippen MR) is 79.3 cm³/mol. The van der Waals surface area contributed by atoms with Gasteiger partial charge in [0.25, 0.3) is 0 Å². The van der Waals surface area contributed by atoms with Crippen LogP contribution in [0.2, 0.25) is 0 Å². The molecule has 2 N–H and O–H groups in total. The average molecular weight is 283 g/mol. The van der Waals surface area contributed by atoms with E-state index in [1.165, 1.54) is 9.75 Å². The van der Waals surface area contributed by atoms with Crippen LogP contribution in [-0.2, 0) is 13.0 Å². The van der Waals surface area contributed by atoms with Gasteiger partial charge in [0.1, 0.15) is 0 Å². The molecule has 0 aliphatic carbocycles. The Balaban J connectivity index is 1.86. The maximum absolute atomic E-state index is 9.94. The van der Waals surface area contributed by atoms with Crippen LogP contribution >= 0.6 is 11.3 Å². The van der Waals surface area contributed by atoms with Crippen molar-refractivity contribution in [1.29, 1.82) is 0 Å². The van der Waals surface area contributed by atoms with Gasteiger partial charge in [-0.1, -0.05) is 13.8 Å². The van der Waals surface area contributed by atoms with Gasteiger partial charge < -0.3 is 10.2 Å². The lowest BCUT2D eigenvalue weighted by Crippen LogP contribution is -2.44. The molecule has 0 bridgehead atoms. The van der Waals surface area contributed by atoms with Gasteiger partial charge in [-0.25, -0.2) is 0 Å². The Morgan fingerprint density at radius 2 is 2.11 bits per heavy atom. The molecule has 1 saturated heterocycles. The number of hydrogen-bond donors (Lipinski definition) is 2. The molecule has 0 spiro atoms. The van der Waals surface area contributed by atoms with E-state index in [2.05, 4.69) is 30.9 Å². The summed E-state index contributed by atoms with van der Waals surface area (Å²) in [4.78, 5) is 5.13. The zero-order chi connectivity index (χ0) is 13.8. The number of thiophene rings is 1. The third kappa shape index (κ3) is 4.28. The molecule has 0 amide bonds. The number of nitrogens with zero attached hydrogens (tertiary/aromatic N) is 1. The molecule has 108 valence electrons. The zero-order valence-corrected chi connectivity index (χ0v) is 12.7. The van der Waals surface area contributed by atoms with Crippen LogP contribution in [0.15, 0.2) is 12.1 Å². The molecule has 4 heteroatoms. The molecular weight excluding hydrogens is 258 g/mol. The van der Waals surface area contributed by atoms with Crippen LogP contribution in [0, 0.1) is 11.8 Å². The Kier molecular flexibility index (Phi) is 5.39. The topological polar surface area (TPSA) is 43.7 Å². The molecule has 2 atom stereocenters. The first kappa shape index (κ1) is 15.0. The lowest BCUT2D eigenvalue weighted by molar-refractivity contribution is -0.00414. The number of piperidine rings is 1. The number of hydrogen-bond acceptors (Lipinski definition) is 4. The van der Waals surface area contributed by atoms with Gasteiger partial charge in [0, 0.05) is 35.4 Å². The summed E-state index contributed by atoms with van der Waals surface area (Å²) in [5.74, 6) is 0.768. The number of likely N-dealkylation sites (tertiary alicyclic amines) is 1. The summed E-state index contributed by atoms with van der Waals surface area (Å²) in [6.07, 6.45) is 1.66. The van der Waals surface area contributed by atoms with Crippen LogP contribution in [0.1, 0.15) is 30.0 Å². The first-order valence-corrected chi connectivity index (χ1v) is 7.99. The third-order valence-corrected chi connectivity index (χ3v) is 4.84. The van der Waals surface area contributed by atoms with Crippen LogP contribution in [0.3, 0.4) is 0 Å². The highest BCUT2D eigenvalue weighted by Gasteiger charge is 2.27. The van der Waals surface area contributed by atoms with Crippen LogP contribution in [0.5, 0.6) is 0 Å². The monoisotopic (exact) mass is 283 g/mol. The Morgan fingerprint density at radius 3 is 2.74 bits per heavy atom. The van der Waals surface area contributed by atoms with E-state index in [1.54, 1.807) is 0 Å². The van der Waals surface area contributed by atoms with Gasteiger partial charge in [0.15, 0.2) is 0 Å². The molecule has 1 aromatic rings. The van der Waals surface area contributed by atoms with Gasteiger partial charge in [0.2, 0.25) is 0 Å². The third-order valence-electron chi connectivity index (χ3n) is 3.75. The summed E-state index contributed by atoms with van der Waals surface area (Å²) in [7, 11) is 0. The first-order chi connectivity index (χ1) is 9.08. The Labute approximate surface area is 119 Å². The molecule has 0 unspecified atom stereocenters. The second kappa shape index (κ2) is 6.84. The summed E-state index contributed by atoms with van der Waals surface area (Å²) < 4.78 is 0. The van der Waals surface area contributed by atoms with Crippen molar-refractivity contribution in [2.24, 2.45) is 11.8 Å². The van der Waals surface area contributed by atoms with Crippen molar-refractivity contribution >= 4 is 11.3 Å². The molecule has 1 aliphatic heterocycles. The van der Waals surface area contributed by atoms with Crippen LogP contribution in [-0.4, -0.2) is 40.9 Å². The van der Waals surface area contributed by atoms with E-state index in [9.17, 15) is 5.11 Å². The van der Waals surface area contributed by atoms with E-state index in [0.29, 0.717) is 12.5 Å². The molecule has 2 rings (SSSR count). The van der Waals surface area contributed by atoms with E-state index in [-0.39, 0.29) is 18.6 Å². The molecule has 1 fully saturated rings. The van der Waals surface area contributed by atoms with E-state index in [4.69, 9.17) is 5.11 Å². The van der Waals surface area contributed by atoms with Crippen LogP contribution in [0.4, 0.5) is 0 Å². The molecule has 0 aromatic carbocycles. The predicted octanol–water partition coefficient (Wildman–Crippen LogP) is 2.12. The van der Waals surface area contributed by atoms with E-state index in [0.717, 1.165) is 25.9 Å². The summed E-state index contributed by atoms with van der Waals surface area (Å²) in [6.45, 7) is 7.18. The molecule has 19 heavy (non-hydrogen) atoms. The van der Waals surface area contributed by atoms with Crippen LogP contribution < -0.4 is 0 Å². The molecule has 0 saturated carbocycles. The highest BCUT2D eigenvalue weighted by molar-refractivity contribution is 7.11. The Bertz CT molecular complexity index is 391. The Morgan fingerprint density at radius 1 is 1.37 bits per heavy atom. The summed E-state index contributed by atoms with van der Waals surface area (Å²) >= 11 is 1.89. The van der Waals surface area contributed by atoms with Crippen molar-refractivity contribution < 1.29 is 10.2 Å². The number of aliphatic hydroxyl groups excluding tert-OH is 2. The summed E-state index contributed by atoms with van der Waals surface area (Å²) in [5.41, 5.74) is 0.